The number of piperidine rings is 1. The van der Waals surface area contributed by atoms with Gasteiger partial charge in [0.15, 0.2) is 0 Å². The minimum absolute atomic E-state index is 0. The lowest BCUT2D eigenvalue weighted by Gasteiger charge is -2.31. The fourth-order valence-electron chi connectivity index (χ4n) is 3.14. The van der Waals surface area contributed by atoms with Crippen molar-refractivity contribution in [2.45, 2.75) is 25.7 Å². The number of halogens is 3. The standard InChI is InChI=1S/C18H27F2N3O.ClH/c1-21-9-5-14-7-11-23(12-8-14)13-18(24)22-10-6-15-16(19)3-2-4-17(15)20;/h2-4,14,21H,5-13H2,1H3,(H,22,24);1H. The quantitative estimate of drug-likeness (QED) is 0.733. The van der Waals surface area contributed by atoms with Gasteiger partial charge in [0.25, 0.3) is 0 Å². The molecule has 0 aliphatic carbocycles. The van der Waals surface area contributed by atoms with Crippen molar-refractivity contribution in [3.05, 3.63) is 35.4 Å². The van der Waals surface area contributed by atoms with Crippen LogP contribution in [0.3, 0.4) is 0 Å². The van der Waals surface area contributed by atoms with Gasteiger partial charge >= 0.3 is 0 Å². The first-order valence-corrected chi connectivity index (χ1v) is 8.66. The maximum Gasteiger partial charge on any atom is 0.234 e. The molecule has 25 heavy (non-hydrogen) atoms. The Morgan fingerprint density at radius 3 is 2.44 bits per heavy atom. The number of hydrogen-bond acceptors (Lipinski definition) is 3. The van der Waals surface area contributed by atoms with Crippen LogP contribution in [0.4, 0.5) is 8.78 Å². The molecule has 7 heteroatoms. The molecule has 1 aliphatic heterocycles. The second-order valence-corrected chi connectivity index (χ2v) is 6.41. The number of rotatable bonds is 8. The van der Waals surface area contributed by atoms with Gasteiger partial charge in [-0.15, -0.1) is 12.4 Å². The Morgan fingerprint density at radius 2 is 1.84 bits per heavy atom. The molecule has 1 fully saturated rings. The van der Waals surface area contributed by atoms with Crippen LogP contribution in [0.2, 0.25) is 0 Å². The molecule has 2 N–H and O–H groups in total. The van der Waals surface area contributed by atoms with Gasteiger partial charge in [-0.25, -0.2) is 8.78 Å². The van der Waals surface area contributed by atoms with E-state index in [-0.39, 0.29) is 36.8 Å². The van der Waals surface area contributed by atoms with E-state index in [1.165, 1.54) is 24.6 Å². The van der Waals surface area contributed by atoms with E-state index in [1.807, 2.05) is 7.05 Å². The first kappa shape index (κ1) is 21.8. The molecule has 0 radical (unpaired) electrons. The second kappa shape index (κ2) is 11.4. The summed E-state index contributed by atoms with van der Waals surface area (Å²) < 4.78 is 27.0. The van der Waals surface area contributed by atoms with Gasteiger partial charge in [0, 0.05) is 12.1 Å². The molecule has 1 heterocycles. The molecule has 0 aromatic heterocycles. The fraction of sp³-hybridized carbons (Fsp3) is 0.611. The summed E-state index contributed by atoms with van der Waals surface area (Å²) in [6, 6.07) is 3.81. The summed E-state index contributed by atoms with van der Waals surface area (Å²) in [5.41, 5.74) is 0.0307. The Morgan fingerprint density at radius 1 is 1.20 bits per heavy atom. The highest BCUT2D eigenvalue weighted by atomic mass is 35.5. The van der Waals surface area contributed by atoms with Gasteiger partial charge in [0.05, 0.1) is 6.54 Å². The number of hydrogen-bond donors (Lipinski definition) is 2. The molecular weight excluding hydrogens is 348 g/mol. The van der Waals surface area contributed by atoms with Crippen LogP contribution < -0.4 is 10.6 Å². The van der Waals surface area contributed by atoms with Crippen molar-refractivity contribution in [1.29, 1.82) is 0 Å². The van der Waals surface area contributed by atoms with Crippen LogP contribution in [0.5, 0.6) is 0 Å². The normalized spacial score (nSPS) is 15.6. The number of nitrogens with one attached hydrogen (secondary N) is 2. The van der Waals surface area contributed by atoms with Gasteiger partial charge in [-0.05, 0) is 70.4 Å². The third-order valence-electron chi connectivity index (χ3n) is 4.64. The van der Waals surface area contributed by atoms with E-state index in [9.17, 15) is 13.6 Å². The Bertz CT molecular complexity index is 517. The van der Waals surface area contributed by atoms with Crippen LogP contribution in [0.1, 0.15) is 24.8 Å². The predicted octanol–water partition coefficient (Wildman–Crippen LogP) is 2.37. The number of carbonyl (C=O) groups is 1. The molecule has 142 valence electrons. The minimum atomic E-state index is -0.562. The van der Waals surface area contributed by atoms with Gasteiger partial charge in [-0.1, -0.05) is 6.07 Å². The monoisotopic (exact) mass is 375 g/mol. The van der Waals surface area contributed by atoms with E-state index in [1.54, 1.807) is 0 Å². The van der Waals surface area contributed by atoms with Crippen LogP contribution >= 0.6 is 12.4 Å². The number of benzene rings is 1. The van der Waals surface area contributed by atoms with E-state index >= 15 is 0 Å². The molecule has 4 nitrogen and oxygen atoms in total. The van der Waals surface area contributed by atoms with E-state index in [2.05, 4.69) is 15.5 Å². The second-order valence-electron chi connectivity index (χ2n) is 6.41. The highest BCUT2D eigenvalue weighted by molar-refractivity contribution is 5.85. The largest absolute Gasteiger partial charge is 0.355 e. The average molecular weight is 376 g/mol. The summed E-state index contributed by atoms with van der Waals surface area (Å²) in [5.74, 6) is -0.470. The third-order valence-corrected chi connectivity index (χ3v) is 4.64. The summed E-state index contributed by atoms with van der Waals surface area (Å²) in [4.78, 5) is 14.1. The Kier molecular flexibility index (Phi) is 9.93. The molecule has 1 aliphatic rings. The zero-order valence-electron chi connectivity index (χ0n) is 14.7. The third kappa shape index (κ3) is 7.26. The van der Waals surface area contributed by atoms with E-state index in [4.69, 9.17) is 0 Å². The molecule has 1 amide bonds. The molecule has 0 bridgehead atoms. The number of likely N-dealkylation sites (tertiary alicyclic amines) is 1. The molecule has 1 aromatic carbocycles. The van der Waals surface area contributed by atoms with Crippen molar-refractivity contribution in [2.24, 2.45) is 5.92 Å². The van der Waals surface area contributed by atoms with Gasteiger partial charge < -0.3 is 10.6 Å². The zero-order chi connectivity index (χ0) is 17.4. The molecule has 1 aromatic rings. The number of carbonyl (C=O) groups excluding carboxylic acids is 1. The zero-order valence-corrected chi connectivity index (χ0v) is 15.5. The van der Waals surface area contributed by atoms with Crippen molar-refractivity contribution in [3.63, 3.8) is 0 Å². The molecule has 0 saturated carbocycles. The van der Waals surface area contributed by atoms with Gasteiger partial charge in [0.1, 0.15) is 11.6 Å². The van der Waals surface area contributed by atoms with Crippen molar-refractivity contribution in [3.8, 4) is 0 Å². The van der Waals surface area contributed by atoms with Crippen LogP contribution in [-0.2, 0) is 11.2 Å². The smallest absolute Gasteiger partial charge is 0.234 e. The van der Waals surface area contributed by atoms with Crippen LogP contribution in [0.25, 0.3) is 0 Å². The minimum Gasteiger partial charge on any atom is -0.355 e. The summed E-state index contributed by atoms with van der Waals surface area (Å²) in [6.45, 7) is 3.51. The lowest BCUT2D eigenvalue weighted by molar-refractivity contribution is -0.122. The van der Waals surface area contributed by atoms with Crippen molar-refractivity contribution < 1.29 is 13.6 Å². The molecule has 0 unspecified atom stereocenters. The number of nitrogens with zero attached hydrogens (tertiary/aromatic N) is 1. The van der Waals surface area contributed by atoms with E-state index in [0.717, 1.165) is 38.4 Å². The van der Waals surface area contributed by atoms with Gasteiger partial charge in [0.2, 0.25) is 5.91 Å². The predicted molar refractivity (Wildman–Crippen MR) is 98.0 cm³/mol. The van der Waals surface area contributed by atoms with Gasteiger partial charge in [-0.2, -0.15) is 0 Å². The molecule has 0 atom stereocenters. The van der Waals surface area contributed by atoms with Crippen LogP contribution in [0, 0.1) is 17.6 Å². The van der Waals surface area contributed by atoms with E-state index in [0.29, 0.717) is 6.54 Å². The van der Waals surface area contributed by atoms with Gasteiger partial charge in [-0.3, -0.25) is 9.69 Å². The summed E-state index contributed by atoms with van der Waals surface area (Å²) in [5, 5.41) is 5.93. The lowest BCUT2D eigenvalue weighted by atomic mass is 9.93. The molecular formula is C18H28ClF2N3O. The first-order chi connectivity index (χ1) is 11.6. The maximum atomic E-state index is 13.5. The maximum absolute atomic E-state index is 13.5. The highest BCUT2D eigenvalue weighted by Gasteiger charge is 2.20. The summed E-state index contributed by atoms with van der Waals surface area (Å²) >= 11 is 0. The Balaban J connectivity index is 0.00000312. The fourth-order valence-corrected chi connectivity index (χ4v) is 3.14. The van der Waals surface area contributed by atoms with Crippen molar-refractivity contribution >= 4 is 18.3 Å². The molecule has 0 spiro atoms. The first-order valence-electron chi connectivity index (χ1n) is 8.66. The SMILES string of the molecule is CNCCC1CCN(CC(=O)NCCc2c(F)cccc2F)CC1.Cl. The summed E-state index contributed by atoms with van der Waals surface area (Å²) in [7, 11) is 1.96. The Labute approximate surface area is 154 Å². The van der Waals surface area contributed by atoms with Crippen molar-refractivity contribution in [1.82, 2.24) is 15.5 Å². The lowest BCUT2D eigenvalue weighted by Crippen LogP contribution is -2.42. The summed E-state index contributed by atoms with van der Waals surface area (Å²) in [6.07, 6.45) is 3.59. The molecule has 1 saturated heterocycles. The van der Waals surface area contributed by atoms with Crippen LogP contribution in [0.15, 0.2) is 18.2 Å². The van der Waals surface area contributed by atoms with E-state index < -0.39 is 11.6 Å². The molecule has 2 rings (SSSR count). The van der Waals surface area contributed by atoms with Crippen molar-refractivity contribution in [2.75, 3.05) is 39.8 Å². The van der Waals surface area contributed by atoms with Crippen LogP contribution in [-0.4, -0.2) is 50.6 Å². The topological polar surface area (TPSA) is 44.4 Å². The highest BCUT2D eigenvalue weighted by Crippen LogP contribution is 2.19. The Hall–Kier alpha value is -1.24. The number of amides is 1. The average Bonchev–Trinajstić information content (AvgIpc) is 2.57.